The predicted molar refractivity (Wildman–Crippen MR) is 106 cm³/mol. The first-order valence-corrected chi connectivity index (χ1v) is 10.1. The molecule has 0 unspecified atom stereocenters. The maximum Gasteiger partial charge on any atom is 0.223 e. The van der Waals surface area contributed by atoms with E-state index in [1.54, 1.807) is 0 Å². The summed E-state index contributed by atoms with van der Waals surface area (Å²) in [5.74, 6) is 1.56. The number of benzene rings is 1. The average molecular weight is 401 g/mol. The molecule has 2 fully saturated rings. The molecular weight excluding hydrogens is 376 g/mol. The van der Waals surface area contributed by atoms with Gasteiger partial charge in [-0.25, -0.2) is 9.97 Å². The summed E-state index contributed by atoms with van der Waals surface area (Å²) in [5.41, 5.74) is 2.04. The molecule has 5 heteroatoms. The van der Waals surface area contributed by atoms with Crippen LogP contribution in [0.4, 0.5) is 5.95 Å². The van der Waals surface area contributed by atoms with Gasteiger partial charge in [-0.3, -0.25) is 0 Å². The fourth-order valence-corrected chi connectivity index (χ4v) is 4.11. The molecule has 4 nitrogen and oxygen atoms in total. The van der Waals surface area contributed by atoms with Crippen molar-refractivity contribution < 1.29 is 0 Å². The van der Waals surface area contributed by atoms with Crippen molar-refractivity contribution >= 4 is 21.9 Å². The van der Waals surface area contributed by atoms with Crippen LogP contribution in [-0.2, 0) is 0 Å². The van der Waals surface area contributed by atoms with Crippen molar-refractivity contribution in [3.63, 3.8) is 0 Å². The van der Waals surface area contributed by atoms with Crippen molar-refractivity contribution in [3.05, 3.63) is 41.0 Å². The lowest BCUT2D eigenvalue weighted by Crippen LogP contribution is -2.35. The molecule has 25 heavy (non-hydrogen) atoms. The average Bonchev–Trinajstić information content (AvgIpc) is 3.50. The van der Waals surface area contributed by atoms with Crippen LogP contribution in [0.3, 0.4) is 0 Å². The number of hydrogen-bond donors (Lipinski definition) is 1. The van der Waals surface area contributed by atoms with Gasteiger partial charge >= 0.3 is 0 Å². The zero-order chi connectivity index (χ0) is 17.1. The summed E-state index contributed by atoms with van der Waals surface area (Å²) in [7, 11) is 0. The van der Waals surface area contributed by atoms with Crippen LogP contribution < -0.4 is 5.32 Å². The highest BCUT2D eigenvalue weighted by atomic mass is 79.9. The van der Waals surface area contributed by atoms with Gasteiger partial charge in [-0.15, -0.1) is 0 Å². The van der Waals surface area contributed by atoms with Gasteiger partial charge in [0.05, 0.1) is 10.2 Å². The Morgan fingerprint density at radius 1 is 1.08 bits per heavy atom. The lowest BCUT2D eigenvalue weighted by Gasteiger charge is -2.32. The molecule has 1 aliphatic heterocycles. The van der Waals surface area contributed by atoms with E-state index >= 15 is 0 Å². The molecule has 0 amide bonds. The number of nitrogens with one attached hydrogen (secondary N) is 1. The van der Waals surface area contributed by atoms with Crippen LogP contribution in [0.15, 0.2) is 41.0 Å². The lowest BCUT2D eigenvalue weighted by atomic mass is 9.93. The number of nitrogens with zero attached hydrogens (tertiary/aromatic N) is 3. The van der Waals surface area contributed by atoms with Gasteiger partial charge in [0.1, 0.15) is 0 Å². The smallest absolute Gasteiger partial charge is 0.223 e. The molecule has 1 saturated heterocycles. The summed E-state index contributed by atoms with van der Waals surface area (Å²) in [6.45, 7) is 3.54. The molecule has 2 aliphatic rings. The van der Waals surface area contributed by atoms with E-state index in [1.165, 1.54) is 45.2 Å². The summed E-state index contributed by atoms with van der Waals surface area (Å²) < 4.78 is 0.927. The number of aromatic nitrogens is 2. The molecule has 1 N–H and O–H groups in total. The molecule has 0 spiro atoms. The van der Waals surface area contributed by atoms with Gasteiger partial charge in [0.2, 0.25) is 5.95 Å². The lowest BCUT2D eigenvalue weighted by molar-refractivity contribution is 0.173. The predicted octanol–water partition coefficient (Wildman–Crippen LogP) is 4.58. The topological polar surface area (TPSA) is 41.1 Å². The number of likely N-dealkylation sites (tertiary alicyclic amines) is 1. The second-order valence-corrected chi connectivity index (χ2v) is 8.04. The van der Waals surface area contributed by atoms with Crippen LogP contribution in [0.5, 0.6) is 0 Å². The second-order valence-electron chi connectivity index (χ2n) is 7.18. The van der Waals surface area contributed by atoms with Crippen LogP contribution in [-0.4, -0.2) is 40.5 Å². The molecule has 0 radical (unpaired) electrons. The van der Waals surface area contributed by atoms with Crippen molar-refractivity contribution in [2.45, 2.75) is 38.1 Å². The normalized spacial score (nSPS) is 19.1. The monoisotopic (exact) mass is 400 g/mol. The van der Waals surface area contributed by atoms with E-state index < -0.39 is 0 Å². The quantitative estimate of drug-likeness (QED) is 0.769. The molecule has 1 aromatic heterocycles. The highest BCUT2D eigenvalue weighted by molar-refractivity contribution is 9.10. The SMILES string of the molecule is Brc1cnc(NCCC2CCN(C3CC3)CC2)nc1-c1ccccc1. The Hall–Kier alpha value is -1.46. The molecule has 1 aromatic carbocycles. The maximum atomic E-state index is 4.69. The van der Waals surface area contributed by atoms with E-state index in [0.29, 0.717) is 0 Å². The van der Waals surface area contributed by atoms with Crippen LogP contribution in [0.1, 0.15) is 32.1 Å². The minimum absolute atomic E-state index is 0.720. The Balaban J connectivity index is 1.30. The third-order valence-corrected chi connectivity index (χ3v) is 5.92. The summed E-state index contributed by atoms with van der Waals surface area (Å²) in [6.07, 6.45) is 8.58. The van der Waals surface area contributed by atoms with Gasteiger partial charge in [0.25, 0.3) is 0 Å². The Morgan fingerprint density at radius 2 is 1.84 bits per heavy atom. The summed E-state index contributed by atoms with van der Waals surface area (Å²) >= 11 is 3.56. The molecule has 2 aromatic rings. The first-order valence-electron chi connectivity index (χ1n) is 9.35. The Morgan fingerprint density at radius 3 is 2.56 bits per heavy atom. The first-order chi connectivity index (χ1) is 12.3. The third kappa shape index (κ3) is 4.39. The van der Waals surface area contributed by atoms with Crippen molar-refractivity contribution in [1.29, 1.82) is 0 Å². The van der Waals surface area contributed by atoms with E-state index in [-0.39, 0.29) is 0 Å². The van der Waals surface area contributed by atoms with E-state index in [2.05, 4.69) is 43.3 Å². The summed E-state index contributed by atoms with van der Waals surface area (Å²) in [4.78, 5) is 11.8. The van der Waals surface area contributed by atoms with Crippen molar-refractivity contribution in [1.82, 2.24) is 14.9 Å². The number of anilines is 1. The fraction of sp³-hybridized carbons (Fsp3) is 0.500. The van der Waals surface area contributed by atoms with E-state index in [0.717, 1.165) is 40.2 Å². The van der Waals surface area contributed by atoms with Crippen molar-refractivity contribution in [2.24, 2.45) is 5.92 Å². The van der Waals surface area contributed by atoms with Gasteiger partial charge in [-0.2, -0.15) is 0 Å². The molecule has 4 rings (SSSR count). The fourth-order valence-electron chi connectivity index (χ4n) is 3.69. The minimum atomic E-state index is 0.720. The molecule has 0 atom stereocenters. The van der Waals surface area contributed by atoms with Crippen LogP contribution in [0, 0.1) is 5.92 Å². The van der Waals surface area contributed by atoms with Gasteiger partial charge in [0, 0.05) is 24.3 Å². The standard InChI is InChI=1S/C20H25BrN4/c21-18-14-23-20(24-19(18)16-4-2-1-3-5-16)22-11-8-15-9-12-25(13-10-15)17-6-7-17/h1-5,14-15,17H,6-13H2,(H,22,23,24). The summed E-state index contributed by atoms with van der Waals surface area (Å²) in [6, 6.07) is 11.2. The second kappa shape index (κ2) is 7.83. The number of halogens is 1. The number of rotatable bonds is 6. The number of piperidine rings is 1. The molecule has 1 aliphatic carbocycles. The Labute approximate surface area is 158 Å². The van der Waals surface area contributed by atoms with E-state index in [1.807, 2.05) is 24.4 Å². The molecular formula is C20H25BrN4. The van der Waals surface area contributed by atoms with Gasteiger partial charge in [0.15, 0.2) is 0 Å². The molecule has 132 valence electrons. The van der Waals surface area contributed by atoms with Gasteiger partial charge < -0.3 is 10.2 Å². The minimum Gasteiger partial charge on any atom is -0.354 e. The largest absolute Gasteiger partial charge is 0.354 e. The van der Waals surface area contributed by atoms with Crippen molar-refractivity contribution in [2.75, 3.05) is 25.0 Å². The first kappa shape index (κ1) is 17.0. The Kier molecular flexibility index (Phi) is 5.32. The highest BCUT2D eigenvalue weighted by Gasteiger charge is 2.31. The molecule has 2 heterocycles. The zero-order valence-corrected chi connectivity index (χ0v) is 16.1. The van der Waals surface area contributed by atoms with Crippen LogP contribution in [0.25, 0.3) is 11.3 Å². The van der Waals surface area contributed by atoms with E-state index in [9.17, 15) is 0 Å². The van der Waals surface area contributed by atoms with Gasteiger partial charge in [-0.1, -0.05) is 30.3 Å². The molecule has 1 saturated carbocycles. The molecule has 0 bridgehead atoms. The van der Waals surface area contributed by atoms with Crippen molar-refractivity contribution in [3.8, 4) is 11.3 Å². The Bertz CT molecular complexity index is 694. The number of hydrogen-bond acceptors (Lipinski definition) is 4. The van der Waals surface area contributed by atoms with Crippen LogP contribution in [0.2, 0.25) is 0 Å². The third-order valence-electron chi connectivity index (χ3n) is 5.34. The maximum absolute atomic E-state index is 4.69. The van der Waals surface area contributed by atoms with Crippen LogP contribution >= 0.6 is 15.9 Å². The highest BCUT2D eigenvalue weighted by Crippen LogP contribution is 2.31. The zero-order valence-electron chi connectivity index (χ0n) is 14.5. The van der Waals surface area contributed by atoms with E-state index in [4.69, 9.17) is 4.98 Å². The summed E-state index contributed by atoms with van der Waals surface area (Å²) in [5, 5.41) is 3.42. The van der Waals surface area contributed by atoms with Gasteiger partial charge in [-0.05, 0) is 67.0 Å².